The number of aromatic nitrogens is 1. The fraction of sp³-hybridized carbons (Fsp3) is 0.769. The van der Waals surface area contributed by atoms with Crippen LogP contribution in [0.4, 0.5) is 5.13 Å². The summed E-state index contributed by atoms with van der Waals surface area (Å²) >= 11 is 8.65. The lowest BCUT2D eigenvalue weighted by Gasteiger charge is -2.16. The summed E-state index contributed by atoms with van der Waals surface area (Å²) < 4.78 is 0. The van der Waals surface area contributed by atoms with Crippen LogP contribution in [0.25, 0.3) is 0 Å². The van der Waals surface area contributed by atoms with Gasteiger partial charge in [0.15, 0.2) is 5.13 Å². The Morgan fingerprint density at radius 2 is 1.72 bits per heavy atom. The highest BCUT2D eigenvalue weighted by atomic mass is 32.2. The van der Waals surface area contributed by atoms with Crippen molar-refractivity contribution in [1.29, 1.82) is 0 Å². The number of allylic oxidation sites excluding steroid dienone is 1. The number of thioether (sulfide) groups is 1. The number of anilines is 1. The molecule has 3 nitrogen and oxygen atoms in total. The maximum Gasteiger partial charge on any atom is 0.183 e. The van der Waals surface area contributed by atoms with E-state index in [1.165, 1.54) is 63.4 Å². The second-order valence-electron chi connectivity index (χ2n) is 9.88. The molecule has 0 bridgehead atoms. The molecule has 6 heteroatoms. The van der Waals surface area contributed by atoms with Gasteiger partial charge in [0.1, 0.15) is 0 Å². The fourth-order valence-electron chi connectivity index (χ4n) is 3.84. The molecule has 3 unspecified atom stereocenters. The van der Waals surface area contributed by atoms with Crippen molar-refractivity contribution in [3.63, 3.8) is 0 Å². The van der Waals surface area contributed by atoms with Gasteiger partial charge in [-0.2, -0.15) is 11.8 Å². The summed E-state index contributed by atoms with van der Waals surface area (Å²) in [5, 5.41) is 6.16. The molecule has 0 radical (unpaired) electrons. The Hall–Kier alpha value is -0.590. The third-order valence-corrected chi connectivity index (χ3v) is 8.01. The van der Waals surface area contributed by atoms with E-state index in [4.69, 9.17) is 18.0 Å². The largest absolute Gasteiger partial charge is 0.392 e. The van der Waals surface area contributed by atoms with E-state index >= 15 is 0 Å². The third-order valence-electron chi connectivity index (χ3n) is 6.05. The molecule has 32 heavy (non-hydrogen) atoms. The molecule has 184 valence electrons. The number of thiazole rings is 1. The SMILES string of the molecule is C/C(=C\CSCC(Nc1nccs1)C(N)=S)CCCC(C)CCCC(C)CCCC(C)C. The van der Waals surface area contributed by atoms with Gasteiger partial charge in [-0.1, -0.05) is 96.5 Å². The summed E-state index contributed by atoms with van der Waals surface area (Å²) in [6.45, 7) is 11.8. The highest BCUT2D eigenvalue weighted by Crippen LogP contribution is 2.22. The van der Waals surface area contributed by atoms with Crippen molar-refractivity contribution in [2.24, 2.45) is 23.5 Å². The van der Waals surface area contributed by atoms with Crippen molar-refractivity contribution in [2.75, 3.05) is 16.8 Å². The van der Waals surface area contributed by atoms with Gasteiger partial charge < -0.3 is 11.1 Å². The van der Waals surface area contributed by atoms with Gasteiger partial charge in [0, 0.05) is 23.1 Å². The Kier molecular flexibility index (Phi) is 16.4. The maximum absolute atomic E-state index is 5.89. The van der Waals surface area contributed by atoms with Crippen LogP contribution in [0.3, 0.4) is 0 Å². The zero-order valence-corrected chi connectivity index (χ0v) is 23.5. The van der Waals surface area contributed by atoms with Crippen LogP contribution in [0, 0.1) is 17.8 Å². The Morgan fingerprint density at radius 3 is 2.28 bits per heavy atom. The molecule has 0 fully saturated rings. The smallest absolute Gasteiger partial charge is 0.183 e. The zero-order chi connectivity index (χ0) is 23.8. The maximum atomic E-state index is 5.89. The minimum atomic E-state index is -0.00590. The van der Waals surface area contributed by atoms with Crippen molar-refractivity contribution in [2.45, 2.75) is 98.4 Å². The molecule has 0 amide bonds. The van der Waals surface area contributed by atoms with E-state index in [1.54, 1.807) is 17.5 Å². The molecule has 0 aliphatic heterocycles. The van der Waals surface area contributed by atoms with Crippen LogP contribution in [0.1, 0.15) is 92.4 Å². The van der Waals surface area contributed by atoms with Crippen LogP contribution in [0.2, 0.25) is 0 Å². The van der Waals surface area contributed by atoms with Crippen molar-refractivity contribution in [3.05, 3.63) is 23.2 Å². The Labute approximate surface area is 211 Å². The lowest BCUT2D eigenvalue weighted by Crippen LogP contribution is -2.36. The zero-order valence-electron chi connectivity index (χ0n) is 21.1. The van der Waals surface area contributed by atoms with E-state index < -0.39 is 0 Å². The van der Waals surface area contributed by atoms with E-state index in [9.17, 15) is 0 Å². The summed E-state index contributed by atoms with van der Waals surface area (Å²) in [7, 11) is 0. The molecule has 1 rings (SSSR count). The second kappa shape index (κ2) is 17.8. The summed E-state index contributed by atoms with van der Waals surface area (Å²) in [4.78, 5) is 4.76. The van der Waals surface area contributed by atoms with Crippen LogP contribution in [0.15, 0.2) is 23.2 Å². The highest BCUT2D eigenvalue weighted by molar-refractivity contribution is 7.99. The van der Waals surface area contributed by atoms with Gasteiger partial charge in [-0.15, -0.1) is 11.3 Å². The Balaban J connectivity index is 2.10. The first-order valence-electron chi connectivity index (χ1n) is 12.5. The van der Waals surface area contributed by atoms with E-state index in [2.05, 4.69) is 51.0 Å². The third kappa shape index (κ3) is 15.3. The summed E-state index contributed by atoms with van der Waals surface area (Å²) in [6.07, 6.45) is 16.4. The van der Waals surface area contributed by atoms with Crippen molar-refractivity contribution < 1.29 is 0 Å². The minimum absolute atomic E-state index is 0.00590. The van der Waals surface area contributed by atoms with Crippen molar-refractivity contribution in [3.8, 4) is 0 Å². The lowest BCUT2D eigenvalue weighted by atomic mass is 9.91. The average molecular weight is 498 g/mol. The topological polar surface area (TPSA) is 50.9 Å². The highest BCUT2D eigenvalue weighted by Gasteiger charge is 2.12. The van der Waals surface area contributed by atoms with Crippen LogP contribution in [-0.4, -0.2) is 27.5 Å². The summed E-state index contributed by atoms with van der Waals surface area (Å²) in [6, 6.07) is -0.00590. The first-order valence-corrected chi connectivity index (χ1v) is 14.9. The summed E-state index contributed by atoms with van der Waals surface area (Å²) in [5.41, 5.74) is 7.39. The Morgan fingerprint density at radius 1 is 1.09 bits per heavy atom. The lowest BCUT2D eigenvalue weighted by molar-refractivity contribution is 0.389. The predicted octanol–water partition coefficient (Wildman–Crippen LogP) is 8.33. The normalized spacial score (nSPS) is 15.0. The number of rotatable bonds is 19. The number of nitrogens with zero attached hydrogens (tertiary/aromatic N) is 1. The van der Waals surface area contributed by atoms with Gasteiger partial charge in [-0.3, -0.25) is 0 Å². The molecule has 1 aromatic heterocycles. The molecule has 0 spiro atoms. The van der Waals surface area contributed by atoms with E-state index in [-0.39, 0.29) is 6.04 Å². The number of hydrogen-bond acceptors (Lipinski definition) is 5. The molecule has 3 N–H and O–H groups in total. The van der Waals surface area contributed by atoms with Crippen LogP contribution in [-0.2, 0) is 0 Å². The standard InChI is InChI=1S/C26H47N3S3/c1-20(2)9-6-10-21(3)11-7-12-22(4)13-8-14-23(5)15-17-31-19-24(25(27)30)29-26-28-16-18-32-26/h15-16,18,20-22,24H,6-14,17,19H2,1-5H3,(H2,27,30)(H,28,29)/b23-15+. The summed E-state index contributed by atoms with van der Waals surface area (Å²) in [5.74, 6) is 4.47. The monoisotopic (exact) mass is 497 g/mol. The quantitative estimate of drug-likeness (QED) is 0.114. The molecular formula is C26H47N3S3. The first-order chi connectivity index (χ1) is 15.3. The van der Waals surface area contributed by atoms with Gasteiger partial charge in [-0.05, 0) is 37.5 Å². The molecule has 0 aromatic carbocycles. The molecular weight excluding hydrogens is 451 g/mol. The van der Waals surface area contributed by atoms with Crippen LogP contribution < -0.4 is 11.1 Å². The predicted molar refractivity (Wildman–Crippen MR) is 152 cm³/mol. The molecule has 1 aromatic rings. The van der Waals surface area contributed by atoms with Crippen molar-refractivity contribution >= 4 is 45.4 Å². The molecule has 0 saturated carbocycles. The van der Waals surface area contributed by atoms with Gasteiger partial charge in [0.05, 0.1) is 11.0 Å². The minimum Gasteiger partial charge on any atom is -0.392 e. The molecule has 3 atom stereocenters. The van der Waals surface area contributed by atoms with Crippen LogP contribution in [0.5, 0.6) is 0 Å². The van der Waals surface area contributed by atoms with Gasteiger partial charge in [0.2, 0.25) is 0 Å². The Bertz CT molecular complexity index is 628. The van der Waals surface area contributed by atoms with Gasteiger partial charge in [-0.25, -0.2) is 4.98 Å². The van der Waals surface area contributed by atoms with E-state index in [0.29, 0.717) is 4.99 Å². The first kappa shape index (κ1) is 29.4. The molecule has 0 aliphatic carbocycles. The molecule has 1 heterocycles. The van der Waals surface area contributed by atoms with E-state index in [0.717, 1.165) is 34.4 Å². The molecule has 0 saturated heterocycles. The number of thiocarbonyl (C=S) groups is 1. The van der Waals surface area contributed by atoms with Crippen molar-refractivity contribution in [1.82, 2.24) is 4.98 Å². The van der Waals surface area contributed by atoms with E-state index in [1.807, 2.05) is 17.1 Å². The number of hydrogen-bond donors (Lipinski definition) is 2. The molecule has 0 aliphatic rings. The average Bonchev–Trinajstić information content (AvgIpc) is 3.23. The number of nitrogens with two attached hydrogens (primary N) is 1. The fourth-order valence-corrected chi connectivity index (χ4v) is 5.70. The van der Waals surface area contributed by atoms with Crippen LogP contribution >= 0.6 is 35.3 Å². The number of nitrogens with one attached hydrogen (secondary N) is 1. The second-order valence-corrected chi connectivity index (χ2v) is 12.3. The van der Waals surface area contributed by atoms with Gasteiger partial charge >= 0.3 is 0 Å². The van der Waals surface area contributed by atoms with Gasteiger partial charge in [0.25, 0.3) is 0 Å².